The lowest BCUT2D eigenvalue weighted by Crippen LogP contribution is -2.34. The maximum atomic E-state index is 5.20. The summed E-state index contributed by atoms with van der Waals surface area (Å²) in [6.45, 7) is 5.90. The average molecular weight is 326 g/mol. The van der Waals surface area contributed by atoms with Crippen molar-refractivity contribution in [1.82, 2.24) is 9.38 Å². The van der Waals surface area contributed by atoms with Crippen LogP contribution in [0.3, 0.4) is 0 Å². The second kappa shape index (κ2) is 6.39. The summed E-state index contributed by atoms with van der Waals surface area (Å²) in [6.07, 6.45) is 2.05. The number of rotatable bonds is 6. The summed E-state index contributed by atoms with van der Waals surface area (Å²) in [5.74, 6) is 1.04. The molecule has 2 aromatic heterocycles. The van der Waals surface area contributed by atoms with E-state index in [1.54, 1.807) is 7.11 Å². The molecule has 2 rings (SSSR count). The van der Waals surface area contributed by atoms with Crippen LogP contribution in [0.15, 0.2) is 24.4 Å². The van der Waals surface area contributed by atoms with Crippen molar-refractivity contribution in [2.24, 2.45) is 0 Å². The molecule has 0 amide bonds. The molecule has 2 aromatic rings. The SMILES string of the molecule is COCCN(c1nc2ccccn2c1CBr)C(C)C. The number of methoxy groups -OCH3 is 1. The first kappa shape index (κ1) is 14.3. The third kappa shape index (κ3) is 2.92. The van der Waals surface area contributed by atoms with Gasteiger partial charge in [-0.3, -0.25) is 0 Å². The van der Waals surface area contributed by atoms with E-state index in [0.717, 1.165) is 23.3 Å². The highest BCUT2D eigenvalue weighted by Gasteiger charge is 2.19. The molecule has 19 heavy (non-hydrogen) atoms. The minimum atomic E-state index is 0.387. The monoisotopic (exact) mass is 325 g/mol. The van der Waals surface area contributed by atoms with E-state index in [1.807, 2.05) is 18.2 Å². The van der Waals surface area contributed by atoms with Crippen molar-refractivity contribution in [2.45, 2.75) is 25.2 Å². The van der Waals surface area contributed by atoms with E-state index in [-0.39, 0.29) is 0 Å². The predicted octanol–water partition coefficient (Wildman–Crippen LogP) is 3.09. The second-order valence-electron chi connectivity index (χ2n) is 4.72. The molecule has 4 nitrogen and oxygen atoms in total. The molecule has 0 N–H and O–H groups in total. The van der Waals surface area contributed by atoms with Crippen molar-refractivity contribution in [3.05, 3.63) is 30.1 Å². The smallest absolute Gasteiger partial charge is 0.152 e. The van der Waals surface area contributed by atoms with Gasteiger partial charge in [0, 0.05) is 31.2 Å². The quantitative estimate of drug-likeness (QED) is 0.764. The molecule has 0 saturated heterocycles. The first-order chi connectivity index (χ1) is 9.19. The lowest BCUT2D eigenvalue weighted by molar-refractivity contribution is 0.203. The van der Waals surface area contributed by atoms with E-state index < -0.39 is 0 Å². The largest absolute Gasteiger partial charge is 0.383 e. The Balaban J connectivity index is 2.46. The molecule has 0 atom stereocenters. The van der Waals surface area contributed by atoms with Gasteiger partial charge in [-0.25, -0.2) is 4.98 Å². The Bertz CT molecular complexity index is 538. The summed E-state index contributed by atoms with van der Waals surface area (Å²) >= 11 is 3.58. The number of halogens is 1. The van der Waals surface area contributed by atoms with E-state index in [9.17, 15) is 0 Å². The molecule has 0 unspecified atom stereocenters. The number of alkyl halides is 1. The van der Waals surface area contributed by atoms with Crippen LogP contribution in [-0.4, -0.2) is 35.7 Å². The zero-order valence-corrected chi connectivity index (χ0v) is 13.2. The molecule has 0 fully saturated rings. The Morgan fingerprint density at radius 2 is 2.21 bits per heavy atom. The van der Waals surface area contributed by atoms with Gasteiger partial charge in [-0.2, -0.15) is 0 Å². The van der Waals surface area contributed by atoms with Gasteiger partial charge in [0.25, 0.3) is 0 Å². The van der Waals surface area contributed by atoms with Crippen LogP contribution in [0.2, 0.25) is 0 Å². The number of imidazole rings is 1. The van der Waals surface area contributed by atoms with Gasteiger partial charge in [0.1, 0.15) is 5.65 Å². The van der Waals surface area contributed by atoms with Gasteiger partial charge in [-0.1, -0.05) is 22.0 Å². The third-order valence-electron chi connectivity index (χ3n) is 3.17. The molecule has 0 spiro atoms. The number of hydrogen-bond donors (Lipinski definition) is 0. The maximum absolute atomic E-state index is 5.20. The number of ether oxygens (including phenoxy) is 1. The summed E-state index contributed by atoms with van der Waals surface area (Å²) < 4.78 is 7.33. The van der Waals surface area contributed by atoms with Crippen molar-refractivity contribution in [1.29, 1.82) is 0 Å². The van der Waals surface area contributed by atoms with E-state index in [2.05, 4.69) is 45.3 Å². The van der Waals surface area contributed by atoms with E-state index in [0.29, 0.717) is 12.6 Å². The van der Waals surface area contributed by atoms with Crippen molar-refractivity contribution in [3.63, 3.8) is 0 Å². The van der Waals surface area contributed by atoms with Crippen LogP contribution < -0.4 is 4.90 Å². The Kier molecular flexibility index (Phi) is 4.82. The number of pyridine rings is 1. The predicted molar refractivity (Wildman–Crippen MR) is 82.2 cm³/mol. The molecule has 0 radical (unpaired) electrons. The van der Waals surface area contributed by atoms with Gasteiger partial charge in [0.15, 0.2) is 5.82 Å². The Labute approximate surface area is 122 Å². The third-order valence-corrected chi connectivity index (χ3v) is 3.70. The van der Waals surface area contributed by atoms with Crippen molar-refractivity contribution in [2.75, 3.05) is 25.2 Å². The lowest BCUT2D eigenvalue weighted by Gasteiger charge is -2.27. The van der Waals surface area contributed by atoms with E-state index >= 15 is 0 Å². The first-order valence-corrected chi connectivity index (χ1v) is 7.58. The fourth-order valence-electron chi connectivity index (χ4n) is 2.19. The number of fused-ring (bicyclic) bond motifs is 1. The van der Waals surface area contributed by atoms with Gasteiger partial charge in [-0.05, 0) is 26.0 Å². The molecule has 0 saturated carbocycles. The van der Waals surface area contributed by atoms with Crippen LogP contribution in [0.1, 0.15) is 19.5 Å². The van der Waals surface area contributed by atoms with E-state index in [4.69, 9.17) is 9.72 Å². The Morgan fingerprint density at radius 3 is 2.84 bits per heavy atom. The van der Waals surface area contributed by atoms with Crippen LogP contribution in [0.4, 0.5) is 5.82 Å². The maximum Gasteiger partial charge on any atom is 0.152 e. The van der Waals surface area contributed by atoms with Crippen LogP contribution in [0.25, 0.3) is 5.65 Å². The van der Waals surface area contributed by atoms with Gasteiger partial charge >= 0.3 is 0 Å². The van der Waals surface area contributed by atoms with Gasteiger partial charge in [-0.15, -0.1) is 0 Å². The summed E-state index contributed by atoms with van der Waals surface area (Å²) in [5.41, 5.74) is 2.16. The highest BCUT2D eigenvalue weighted by atomic mass is 79.9. The second-order valence-corrected chi connectivity index (χ2v) is 5.29. The van der Waals surface area contributed by atoms with Gasteiger partial charge < -0.3 is 14.0 Å². The molecule has 5 heteroatoms. The summed E-state index contributed by atoms with van der Waals surface area (Å²) in [5, 5.41) is 0.781. The van der Waals surface area contributed by atoms with Gasteiger partial charge in [0.05, 0.1) is 12.3 Å². The average Bonchev–Trinajstić information content (AvgIpc) is 2.77. The molecule has 0 aliphatic rings. The number of aromatic nitrogens is 2. The van der Waals surface area contributed by atoms with Crippen molar-refractivity contribution in [3.8, 4) is 0 Å². The lowest BCUT2D eigenvalue weighted by atomic mass is 10.3. The minimum Gasteiger partial charge on any atom is -0.383 e. The standard InChI is InChI=1S/C14H20BrN3O/c1-11(2)17(8-9-19-3)14-12(10-15)18-7-5-4-6-13(18)16-14/h4-7,11H,8-10H2,1-3H3. The zero-order valence-electron chi connectivity index (χ0n) is 11.6. The van der Waals surface area contributed by atoms with Gasteiger partial charge in [0.2, 0.25) is 0 Å². The zero-order chi connectivity index (χ0) is 13.8. The van der Waals surface area contributed by atoms with Crippen LogP contribution in [-0.2, 0) is 10.1 Å². The summed E-state index contributed by atoms with van der Waals surface area (Å²) in [4.78, 5) is 7.05. The summed E-state index contributed by atoms with van der Waals surface area (Å²) in [7, 11) is 1.73. The van der Waals surface area contributed by atoms with Crippen LogP contribution in [0.5, 0.6) is 0 Å². The fourth-order valence-corrected chi connectivity index (χ4v) is 2.71. The number of hydrogen-bond acceptors (Lipinski definition) is 3. The Morgan fingerprint density at radius 1 is 1.42 bits per heavy atom. The topological polar surface area (TPSA) is 29.8 Å². The normalized spacial score (nSPS) is 11.4. The van der Waals surface area contributed by atoms with Crippen LogP contribution in [0, 0.1) is 0 Å². The van der Waals surface area contributed by atoms with Crippen molar-refractivity contribution < 1.29 is 4.74 Å². The molecule has 104 valence electrons. The molecule has 0 aliphatic heterocycles. The fraction of sp³-hybridized carbons (Fsp3) is 0.500. The minimum absolute atomic E-state index is 0.387. The Hall–Kier alpha value is -1.07. The molecule has 0 bridgehead atoms. The molecular weight excluding hydrogens is 306 g/mol. The molecule has 0 aliphatic carbocycles. The molecular formula is C14H20BrN3O. The number of anilines is 1. The van der Waals surface area contributed by atoms with Crippen molar-refractivity contribution >= 4 is 27.4 Å². The highest BCUT2D eigenvalue weighted by Crippen LogP contribution is 2.25. The molecule has 0 aromatic carbocycles. The van der Waals surface area contributed by atoms with Crippen LogP contribution >= 0.6 is 15.9 Å². The summed E-state index contributed by atoms with van der Waals surface area (Å²) in [6, 6.07) is 6.46. The number of nitrogens with zero attached hydrogens (tertiary/aromatic N) is 3. The van der Waals surface area contributed by atoms with E-state index in [1.165, 1.54) is 5.69 Å². The highest BCUT2D eigenvalue weighted by molar-refractivity contribution is 9.08. The molecule has 2 heterocycles. The first-order valence-electron chi connectivity index (χ1n) is 6.46.